The summed E-state index contributed by atoms with van der Waals surface area (Å²) in [7, 11) is 1.62. The zero-order chi connectivity index (χ0) is 15.2. The number of nitrogens with zero attached hydrogens (tertiary/aromatic N) is 1. The van der Waals surface area contributed by atoms with Crippen LogP contribution in [0.1, 0.15) is 42.5 Å². The molecule has 5 heteroatoms. The normalized spacial score (nSPS) is 15.8. The van der Waals surface area contributed by atoms with E-state index in [1.807, 2.05) is 23.1 Å². The summed E-state index contributed by atoms with van der Waals surface area (Å²) in [5, 5.41) is 0.802. The van der Waals surface area contributed by atoms with Gasteiger partial charge in [0.1, 0.15) is 5.75 Å². The molecule has 0 bridgehead atoms. The van der Waals surface area contributed by atoms with Crippen LogP contribution < -0.4 is 4.74 Å². The van der Waals surface area contributed by atoms with Crippen LogP contribution in [0.25, 0.3) is 0 Å². The van der Waals surface area contributed by atoms with Gasteiger partial charge in [0, 0.05) is 22.4 Å². The van der Waals surface area contributed by atoms with Crippen LogP contribution in [0.3, 0.4) is 0 Å². The topological polar surface area (TPSA) is 29.5 Å². The summed E-state index contributed by atoms with van der Waals surface area (Å²) >= 11 is 6.96. The second-order valence-electron chi connectivity index (χ2n) is 5.33. The zero-order valence-corrected chi connectivity index (χ0v) is 15.5. The second kappa shape index (κ2) is 8.18. The number of carbonyl (C=O) groups excluding carboxylic acids is 1. The van der Waals surface area contributed by atoms with E-state index in [9.17, 15) is 4.79 Å². The molecular weight excluding hydrogens is 398 g/mol. The average Bonchev–Trinajstić information content (AvgIpc) is 2.53. The third-order valence-corrected chi connectivity index (χ3v) is 5.05. The molecule has 1 aliphatic rings. The molecule has 1 aromatic carbocycles. The highest BCUT2D eigenvalue weighted by Crippen LogP contribution is 2.28. The molecule has 0 spiro atoms. The number of amides is 1. The Balaban J connectivity index is 2.24. The summed E-state index contributed by atoms with van der Waals surface area (Å²) in [6, 6.07) is 5.91. The summed E-state index contributed by atoms with van der Waals surface area (Å²) in [5.41, 5.74) is 0.681. The molecule has 1 fully saturated rings. The van der Waals surface area contributed by atoms with Crippen LogP contribution in [0.15, 0.2) is 22.7 Å². The number of alkyl halides is 1. The van der Waals surface area contributed by atoms with Gasteiger partial charge in [0.15, 0.2) is 0 Å². The number of carbonyl (C=O) groups is 1. The van der Waals surface area contributed by atoms with Crippen LogP contribution in [0.5, 0.6) is 5.75 Å². The van der Waals surface area contributed by atoms with Crippen molar-refractivity contribution in [3.8, 4) is 5.75 Å². The molecule has 1 amide bonds. The number of rotatable bonds is 5. The molecule has 0 aliphatic heterocycles. The molecule has 0 saturated heterocycles. The van der Waals surface area contributed by atoms with E-state index in [1.54, 1.807) is 7.11 Å². The Hall–Kier alpha value is -0.550. The molecule has 116 valence electrons. The van der Waals surface area contributed by atoms with Crippen molar-refractivity contribution in [2.75, 3.05) is 19.0 Å². The van der Waals surface area contributed by atoms with Crippen LogP contribution in [0.4, 0.5) is 0 Å². The Morgan fingerprint density at radius 2 is 2.05 bits per heavy atom. The molecule has 0 heterocycles. The Labute approximate surface area is 143 Å². The second-order valence-corrected chi connectivity index (χ2v) is 6.97. The fourth-order valence-electron chi connectivity index (χ4n) is 2.88. The van der Waals surface area contributed by atoms with Crippen LogP contribution in [0.2, 0.25) is 0 Å². The molecule has 0 radical (unpaired) electrons. The molecule has 3 nitrogen and oxygen atoms in total. The van der Waals surface area contributed by atoms with Crippen molar-refractivity contribution in [3.63, 3.8) is 0 Å². The largest absolute Gasteiger partial charge is 0.497 e. The highest BCUT2D eigenvalue weighted by molar-refractivity contribution is 9.10. The van der Waals surface area contributed by atoms with Crippen LogP contribution in [-0.4, -0.2) is 35.8 Å². The van der Waals surface area contributed by atoms with Crippen LogP contribution >= 0.6 is 31.9 Å². The van der Waals surface area contributed by atoms with Gasteiger partial charge in [-0.2, -0.15) is 0 Å². The summed E-state index contributed by atoms with van der Waals surface area (Å²) in [5.74, 6) is 0.802. The van der Waals surface area contributed by atoms with E-state index in [0.29, 0.717) is 17.4 Å². The van der Waals surface area contributed by atoms with Gasteiger partial charge in [-0.3, -0.25) is 4.79 Å². The van der Waals surface area contributed by atoms with Crippen molar-refractivity contribution < 1.29 is 9.53 Å². The molecular formula is C16H21Br2NO2. The van der Waals surface area contributed by atoms with Gasteiger partial charge in [-0.05, 0) is 47.0 Å². The Kier molecular flexibility index (Phi) is 6.55. The van der Waals surface area contributed by atoms with Crippen molar-refractivity contribution >= 4 is 37.8 Å². The van der Waals surface area contributed by atoms with E-state index in [0.717, 1.165) is 29.2 Å². The van der Waals surface area contributed by atoms with E-state index in [-0.39, 0.29) is 5.91 Å². The van der Waals surface area contributed by atoms with Crippen molar-refractivity contribution in [3.05, 3.63) is 28.2 Å². The maximum absolute atomic E-state index is 12.9. The van der Waals surface area contributed by atoms with Crippen molar-refractivity contribution in [1.29, 1.82) is 0 Å². The first-order valence-electron chi connectivity index (χ1n) is 7.38. The van der Waals surface area contributed by atoms with E-state index in [2.05, 4.69) is 31.9 Å². The maximum atomic E-state index is 12.9. The highest BCUT2D eigenvalue weighted by atomic mass is 79.9. The average molecular weight is 419 g/mol. The van der Waals surface area contributed by atoms with E-state index in [1.165, 1.54) is 19.3 Å². The lowest BCUT2D eigenvalue weighted by atomic mass is 9.93. The third-order valence-electron chi connectivity index (χ3n) is 4.01. The lowest BCUT2D eigenvalue weighted by Crippen LogP contribution is -2.42. The summed E-state index contributed by atoms with van der Waals surface area (Å²) < 4.78 is 6.07. The minimum atomic E-state index is 0.0899. The Morgan fingerprint density at radius 3 is 2.67 bits per heavy atom. The van der Waals surface area contributed by atoms with Crippen molar-refractivity contribution in [2.45, 2.75) is 38.1 Å². The van der Waals surface area contributed by atoms with E-state index >= 15 is 0 Å². The minimum Gasteiger partial charge on any atom is -0.497 e. The summed E-state index contributed by atoms with van der Waals surface area (Å²) in [6.07, 6.45) is 5.95. The van der Waals surface area contributed by atoms with Gasteiger partial charge in [-0.1, -0.05) is 35.2 Å². The lowest BCUT2D eigenvalue weighted by Gasteiger charge is -2.34. The smallest absolute Gasteiger partial charge is 0.255 e. The number of hydrogen-bond donors (Lipinski definition) is 0. The van der Waals surface area contributed by atoms with Gasteiger partial charge >= 0.3 is 0 Å². The zero-order valence-electron chi connectivity index (χ0n) is 12.3. The molecule has 0 unspecified atom stereocenters. The van der Waals surface area contributed by atoms with Crippen LogP contribution in [0, 0.1) is 0 Å². The predicted octanol–water partition coefficient (Wildman–Crippen LogP) is 4.63. The SMILES string of the molecule is COc1ccc(Br)c(C(=O)N(CCBr)C2CCCCC2)c1. The first-order valence-corrected chi connectivity index (χ1v) is 9.29. The number of ether oxygens (including phenoxy) is 1. The van der Waals surface area contributed by atoms with Gasteiger partial charge < -0.3 is 9.64 Å². The number of halogens is 2. The van der Waals surface area contributed by atoms with Gasteiger partial charge in [0.25, 0.3) is 5.91 Å². The summed E-state index contributed by atoms with van der Waals surface area (Å²) in [4.78, 5) is 15.0. The van der Waals surface area contributed by atoms with E-state index in [4.69, 9.17) is 4.74 Å². The van der Waals surface area contributed by atoms with Crippen molar-refractivity contribution in [2.24, 2.45) is 0 Å². The highest BCUT2D eigenvalue weighted by Gasteiger charge is 2.27. The monoisotopic (exact) mass is 417 g/mol. The van der Waals surface area contributed by atoms with Gasteiger partial charge in [-0.15, -0.1) is 0 Å². The molecule has 1 saturated carbocycles. The predicted molar refractivity (Wildman–Crippen MR) is 92.4 cm³/mol. The molecule has 21 heavy (non-hydrogen) atoms. The number of methoxy groups -OCH3 is 1. The van der Waals surface area contributed by atoms with Gasteiger partial charge in [0.2, 0.25) is 0 Å². The van der Waals surface area contributed by atoms with E-state index < -0.39 is 0 Å². The minimum absolute atomic E-state index is 0.0899. The molecule has 0 aromatic heterocycles. The molecule has 2 rings (SSSR count). The number of benzene rings is 1. The Bertz CT molecular complexity index is 487. The van der Waals surface area contributed by atoms with Gasteiger partial charge in [0.05, 0.1) is 12.7 Å². The maximum Gasteiger partial charge on any atom is 0.255 e. The standard InChI is InChI=1S/C16H21Br2NO2/c1-21-13-7-8-15(18)14(11-13)16(20)19(10-9-17)12-5-3-2-4-6-12/h7-8,11-12H,2-6,9-10H2,1H3. The van der Waals surface area contributed by atoms with Crippen molar-refractivity contribution in [1.82, 2.24) is 4.90 Å². The molecule has 0 atom stereocenters. The quantitative estimate of drug-likeness (QED) is 0.652. The first-order chi connectivity index (χ1) is 10.2. The van der Waals surface area contributed by atoms with Gasteiger partial charge in [-0.25, -0.2) is 0 Å². The molecule has 1 aliphatic carbocycles. The lowest BCUT2D eigenvalue weighted by molar-refractivity contribution is 0.0650. The molecule has 0 N–H and O–H groups in total. The first kappa shape index (κ1) is 16.8. The summed E-state index contributed by atoms with van der Waals surface area (Å²) in [6.45, 7) is 0.743. The number of hydrogen-bond acceptors (Lipinski definition) is 2. The fourth-order valence-corrected chi connectivity index (χ4v) is 3.68. The Morgan fingerprint density at radius 1 is 1.33 bits per heavy atom. The van der Waals surface area contributed by atoms with Crippen LogP contribution in [-0.2, 0) is 0 Å². The molecule has 1 aromatic rings. The third kappa shape index (κ3) is 4.22. The fraction of sp³-hybridized carbons (Fsp3) is 0.562.